The second-order valence-corrected chi connectivity index (χ2v) is 7.89. The normalized spacial score (nSPS) is 15.0. The first-order chi connectivity index (χ1) is 7.50. The molecular weight excluding hydrogens is 306 g/mol. The molecule has 0 radical (unpaired) electrons. The van der Waals surface area contributed by atoms with Crippen LogP contribution in [0, 0.1) is 6.92 Å². The molecule has 1 aromatic heterocycles. The second kappa shape index (κ2) is 6.89. The van der Waals surface area contributed by atoms with Crippen molar-refractivity contribution in [2.24, 2.45) is 0 Å². The molecule has 0 aliphatic rings. The summed E-state index contributed by atoms with van der Waals surface area (Å²) in [6, 6.07) is 2.16. The first kappa shape index (κ1) is 14.4. The Balaban J connectivity index is 2.23. The summed E-state index contributed by atoms with van der Waals surface area (Å²) in [5.41, 5.74) is 0. The third kappa shape index (κ3) is 4.65. The zero-order chi connectivity index (χ0) is 12.1. The molecule has 1 N–H and O–H groups in total. The Hall–Kier alpha value is 0.290. The predicted octanol–water partition coefficient (Wildman–Crippen LogP) is 3.07. The average Bonchev–Trinajstić information content (AvgIpc) is 2.53. The molecule has 2 atom stereocenters. The van der Waals surface area contributed by atoms with Gasteiger partial charge in [0.15, 0.2) is 0 Å². The van der Waals surface area contributed by atoms with E-state index >= 15 is 0 Å². The molecule has 0 saturated heterocycles. The van der Waals surface area contributed by atoms with Gasteiger partial charge in [-0.15, -0.1) is 11.3 Å². The fraction of sp³-hybridized carbons (Fsp3) is 0.636. The highest BCUT2D eigenvalue weighted by Gasteiger charge is 2.06. The first-order valence-corrected chi connectivity index (χ1v) is 8.51. The van der Waals surface area contributed by atoms with Gasteiger partial charge < -0.3 is 5.32 Å². The van der Waals surface area contributed by atoms with E-state index < -0.39 is 10.8 Å². The van der Waals surface area contributed by atoms with Gasteiger partial charge in [0, 0.05) is 43.1 Å². The van der Waals surface area contributed by atoms with Gasteiger partial charge in [0.1, 0.15) is 0 Å². The standard InChI is InChI=1S/C11H18BrNOS2/c1-8(16(3)14)4-5-13-7-10-6-11(12)9(2)15-10/h6,8,13H,4-5,7H2,1-3H3. The minimum Gasteiger partial charge on any atom is -0.312 e. The van der Waals surface area contributed by atoms with E-state index in [1.54, 1.807) is 6.26 Å². The highest BCUT2D eigenvalue weighted by Crippen LogP contribution is 2.25. The Morgan fingerprint density at radius 3 is 2.81 bits per heavy atom. The van der Waals surface area contributed by atoms with Crippen LogP contribution in [0.2, 0.25) is 0 Å². The van der Waals surface area contributed by atoms with Gasteiger partial charge in [-0.25, -0.2) is 0 Å². The van der Waals surface area contributed by atoms with E-state index in [9.17, 15) is 4.21 Å². The van der Waals surface area contributed by atoms with Crippen LogP contribution in [-0.2, 0) is 17.3 Å². The lowest BCUT2D eigenvalue weighted by Gasteiger charge is -2.08. The van der Waals surface area contributed by atoms with Gasteiger partial charge in [-0.2, -0.15) is 0 Å². The lowest BCUT2D eigenvalue weighted by Crippen LogP contribution is -2.20. The van der Waals surface area contributed by atoms with E-state index in [4.69, 9.17) is 0 Å². The zero-order valence-electron chi connectivity index (χ0n) is 9.88. The van der Waals surface area contributed by atoms with Crippen LogP contribution in [0.15, 0.2) is 10.5 Å². The summed E-state index contributed by atoms with van der Waals surface area (Å²) in [5.74, 6) is 0. The van der Waals surface area contributed by atoms with Crippen LogP contribution in [0.3, 0.4) is 0 Å². The van der Waals surface area contributed by atoms with Crippen LogP contribution >= 0.6 is 27.3 Å². The number of aryl methyl sites for hydroxylation is 1. The zero-order valence-corrected chi connectivity index (χ0v) is 13.1. The maximum absolute atomic E-state index is 11.1. The van der Waals surface area contributed by atoms with Crippen molar-refractivity contribution in [3.05, 3.63) is 20.3 Å². The predicted molar refractivity (Wildman–Crippen MR) is 76.6 cm³/mol. The maximum Gasteiger partial charge on any atom is 0.0329 e. The van der Waals surface area contributed by atoms with Gasteiger partial charge in [-0.3, -0.25) is 4.21 Å². The van der Waals surface area contributed by atoms with E-state index in [2.05, 4.69) is 34.2 Å². The van der Waals surface area contributed by atoms with Crippen LogP contribution in [-0.4, -0.2) is 22.3 Å². The molecule has 0 fully saturated rings. The Morgan fingerprint density at radius 2 is 2.31 bits per heavy atom. The molecule has 1 heterocycles. The molecular formula is C11H18BrNOS2. The Morgan fingerprint density at radius 1 is 1.62 bits per heavy atom. The lowest BCUT2D eigenvalue weighted by atomic mass is 10.3. The summed E-state index contributed by atoms with van der Waals surface area (Å²) >= 11 is 5.32. The van der Waals surface area contributed by atoms with E-state index in [-0.39, 0.29) is 5.25 Å². The minimum absolute atomic E-state index is 0.282. The van der Waals surface area contributed by atoms with Crippen molar-refractivity contribution in [1.82, 2.24) is 5.32 Å². The first-order valence-electron chi connectivity index (χ1n) is 5.28. The molecule has 2 unspecified atom stereocenters. The number of nitrogens with one attached hydrogen (secondary N) is 1. The third-order valence-corrected chi connectivity index (χ3v) is 6.01. The van der Waals surface area contributed by atoms with Gasteiger partial charge in [0.05, 0.1) is 0 Å². The van der Waals surface area contributed by atoms with E-state index in [0.717, 1.165) is 19.5 Å². The lowest BCUT2D eigenvalue weighted by molar-refractivity contribution is 0.632. The molecule has 0 aliphatic heterocycles. The molecule has 0 aromatic carbocycles. The number of hydrogen-bond acceptors (Lipinski definition) is 3. The minimum atomic E-state index is -0.703. The average molecular weight is 324 g/mol. The van der Waals surface area contributed by atoms with Gasteiger partial charge in [0.2, 0.25) is 0 Å². The molecule has 5 heteroatoms. The SMILES string of the molecule is Cc1sc(CNCCC(C)S(C)=O)cc1Br. The van der Waals surface area contributed by atoms with Crippen molar-refractivity contribution < 1.29 is 4.21 Å². The number of hydrogen-bond donors (Lipinski definition) is 1. The summed E-state index contributed by atoms with van der Waals surface area (Å²) in [6.07, 6.45) is 2.74. The van der Waals surface area contributed by atoms with E-state index in [1.165, 1.54) is 14.2 Å². The van der Waals surface area contributed by atoms with Crippen molar-refractivity contribution in [3.8, 4) is 0 Å². The van der Waals surface area contributed by atoms with Gasteiger partial charge >= 0.3 is 0 Å². The molecule has 0 saturated carbocycles. The molecule has 92 valence electrons. The quantitative estimate of drug-likeness (QED) is 0.815. The number of rotatable bonds is 6. The number of thiophene rings is 1. The van der Waals surface area contributed by atoms with Gasteiger partial charge in [-0.05, 0) is 41.9 Å². The Bertz CT molecular complexity index is 345. The highest BCUT2D eigenvalue weighted by molar-refractivity contribution is 9.10. The molecule has 0 aliphatic carbocycles. The van der Waals surface area contributed by atoms with Crippen molar-refractivity contribution in [2.75, 3.05) is 12.8 Å². The molecule has 1 rings (SSSR count). The van der Waals surface area contributed by atoms with Crippen molar-refractivity contribution in [3.63, 3.8) is 0 Å². The van der Waals surface area contributed by atoms with Gasteiger partial charge in [-0.1, -0.05) is 6.92 Å². The second-order valence-electron chi connectivity index (χ2n) is 3.89. The summed E-state index contributed by atoms with van der Waals surface area (Å²) < 4.78 is 12.3. The summed E-state index contributed by atoms with van der Waals surface area (Å²) in [5, 5.41) is 3.66. The number of halogens is 1. The van der Waals surface area contributed by atoms with Crippen LogP contribution in [0.5, 0.6) is 0 Å². The smallest absolute Gasteiger partial charge is 0.0329 e. The van der Waals surface area contributed by atoms with Crippen molar-refractivity contribution in [1.29, 1.82) is 0 Å². The van der Waals surface area contributed by atoms with Crippen molar-refractivity contribution >= 4 is 38.1 Å². The molecule has 0 bridgehead atoms. The monoisotopic (exact) mass is 323 g/mol. The van der Waals surface area contributed by atoms with Crippen LogP contribution in [0.25, 0.3) is 0 Å². The molecule has 0 spiro atoms. The summed E-state index contributed by atoms with van der Waals surface area (Å²) in [7, 11) is -0.703. The topological polar surface area (TPSA) is 29.1 Å². The molecule has 16 heavy (non-hydrogen) atoms. The Labute approximate surface area is 112 Å². The van der Waals surface area contributed by atoms with Crippen LogP contribution < -0.4 is 5.32 Å². The fourth-order valence-electron chi connectivity index (χ4n) is 1.29. The maximum atomic E-state index is 11.1. The fourth-order valence-corrected chi connectivity index (χ4v) is 3.31. The van der Waals surface area contributed by atoms with E-state index in [1.807, 2.05) is 18.3 Å². The highest BCUT2D eigenvalue weighted by atomic mass is 79.9. The van der Waals surface area contributed by atoms with Crippen LogP contribution in [0.4, 0.5) is 0 Å². The third-order valence-electron chi connectivity index (χ3n) is 2.50. The summed E-state index contributed by atoms with van der Waals surface area (Å²) in [4.78, 5) is 2.66. The molecule has 2 nitrogen and oxygen atoms in total. The van der Waals surface area contributed by atoms with Crippen LogP contribution in [0.1, 0.15) is 23.1 Å². The molecule has 0 amide bonds. The summed E-state index contributed by atoms with van der Waals surface area (Å²) in [6.45, 7) is 5.97. The Kier molecular flexibility index (Phi) is 6.18. The largest absolute Gasteiger partial charge is 0.312 e. The molecule has 1 aromatic rings. The van der Waals surface area contributed by atoms with Crippen molar-refractivity contribution in [2.45, 2.75) is 32.1 Å². The van der Waals surface area contributed by atoms with E-state index in [0.29, 0.717) is 0 Å². The van der Waals surface area contributed by atoms with Gasteiger partial charge in [0.25, 0.3) is 0 Å².